The molecule has 0 bridgehead atoms. The molecule has 2 rings (SSSR count). The minimum atomic E-state index is -0.543. The summed E-state index contributed by atoms with van der Waals surface area (Å²) in [5.41, 5.74) is 6.17. The van der Waals surface area contributed by atoms with Crippen LogP contribution in [-0.2, 0) is 9.59 Å². The molecule has 1 unspecified atom stereocenters. The monoisotopic (exact) mass is 227 g/mol. The molecule has 1 amide bonds. The van der Waals surface area contributed by atoms with E-state index in [1.165, 1.54) is 0 Å². The van der Waals surface area contributed by atoms with Crippen LogP contribution in [0, 0.1) is 0 Å². The Labute approximate surface area is 99.2 Å². The number of primary amides is 1. The molecule has 3 nitrogen and oxygen atoms in total. The summed E-state index contributed by atoms with van der Waals surface area (Å²) in [6.45, 7) is 0. The van der Waals surface area contributed by atoms with Crippen molar-refractivity contribution >= 4 is 23.0 Å². The molecule has 0 aromatic heterocycles. The van der Waals surface area contributed by atoms with Crippen LogP contribution >= 0.6 is 0 Å². The highest BCUT2D eigenvalue weighted by atomic mass is 16.1. The predicted octanol–water partition coefficient (Wildman–Crippen LogP) is 2.00. The Bertz CT molecular complexity index is 558. The highest BCUT2D eigenvalue weighted by Crippen LogP contribution is 2.27. The van der Waals surface area contributed by atoms with Gasteiger partial charge in [-0.15, -0.1) is 0 Å². The average Bonchev–Trinajstić information content (AvgIpc) is 2.35. The Morgan fingerprint density at radius 3 is 2.59 bits per heavy atom. The van der Waals surface area contributed by atoms with Gasteiger partial charge in [-0.1, -0.05) is 42.5 Å². The quantitative estimate of drug-likeness (QED) is 0.812. The average molecular weight is 227 g/mol. The number of amides is 1. The molecule has 86 valence electrons. The predicted molar refractivity (Wildman–Crippen MR) is 66.6 cm³/mol. The van der Waals surface area contributed by atoms with Crippen LogP contribution in [0.15, 0.2) is 42.5 Å². The van der Waals surface area contributed by atoms with Crippen molar-refractivity contribution in [3.63, 3.8) is 0 Å². The number of benzene rings is 2. The number of rotatable bonds is 4. The first-order chi connectivity index (χ1) is 8.24. The molecule has 0 spiro atoms. The van der Waals surface area contributed by atoms with E-state index in [9.17, 15) is 9.59 Å². The van der Waals surface area contributed by atoms with Gasteiger partial charge in [0, 0.05) is 6.42 Å². The largest absolute Gasteiger partial charge is 0.369 e. The summed E-state index contributed by atoms with van der Waals surface area (Å²) in [5, 5.41) is 2.02. The number of carbonyl (C=O) groups is 2. The Morgan fingerprint density at radius 1 is 1.18 bits per heavy atom. The van der Waals surface area contributed by atoms with Gasteiger partial charge in [0.1, 0.15) is 6.29 Å². The molecule has 0 saturated heterocycles. The molecule has 0 saturated carbocycles. The van der Waals surface area contributed by atoms with Crippen LogP contribution < -0.4 is 5.73 Å². The van der Waals surface area contributed by atoms with Crippen molar-refractivity contribution in [1.29, 1.82) is 0 Å². The van der Waals surface area contributed by atoms with E-state index in [2.05, 4.69) is 0 Å². The van der Waals surface area contributed by atoms with Crippen LogP contribution in [-0.4, -0.2) is 12.2 Å². The van der Waals surface area contributed by atoms with E-state index in [-0.39, 0.29) is 6.42 Å². The van der Waals surface area contributed by atoms with Crippen LogP contribution in [0.5, 0.6) is 0 Å². The summed E-state index contributed by atoms with van der Waals surface area (Å²) < 4.78 is 0. The molecule has 2 aromatic rings. The van der Waals surface area contributed by atoms with E-state index < -0.39 is 11.8 Å². The normalized spacial score (nSPS) is 12.2. The fourth-order valence-corrected chi connectivity index (χ4v) is 2.05. The fourth-order valence-electron chi connectivity index (χ4n) is 2.05. The van der Waals surface area contributed by atoms with Crippen LogP contribution in [0.3, 0.4) is 0 Å². The highest BCUT2D eigenvalue weighted by molar-refractivity contribution is 5.93. The number of hydrogen-bond acceptors (Lipinski definition) is 2. The molecule has 0 aliphatic heterocycles. The van der Waals surface area contributed by atoms with Gasteiger partial charge in [0.2, 0.25) is 5.91 Å². The first-order valence-electron chi connectivity index (χ1n) is 5.44. The van der Waals surface area contributed by atoms with E-state index in [0.717, 1.165) is 22.6 Å². The smallest absolute Gasteiger partial charge is 0.225 e. The molecular weight excluding hydrogens is 214 g/mol. The van der Waals surface area contributed by atoms with Gasteiger partial charge in [0.05, 0.1) is 5.92 Å². The van der Waals surface area contributed by atoms with Crippen LogP contribution in [0.25, 0.3) is 10.8 Å². The first-order valence-corrected chi connectivity index (χ1v) is 5.44. The SMILES string of the molecule is NC(=O)C(CC=O)c1cccc2ccccc12. The lowest BCUT2D eigenvalue weighted by Gasteiger charge is -2.13. The van der Waals surface area contributed by atoms with E-state index >= 15 is 0 Å². The molecule has 2 aromatic carbocycles. The first kappa shape index (κ1) is 11.3. The third-order valence-electron chi connectivity index (χ3n) is 2.87. The number of hydrogen-bond donors (Lipinski definition) is 1. The fraction of sp³-hybridized carbons (Fsp3) is 0.143. The van der Waals surface area contributed by atoms with Crippen LogP contribution in [0.4, 0.5) is 0 Å². The molecule has 2 N–H and O–H groups in total. The van der Waals surface area contributed by atoms with Crippen molar-refractivity contribution in [2.75, 3.05) is 0 Å². The minimum Gasteiger partial charge on any atom is -0.369 e. The number of fused-ring (bicyclic) bond motifs is 1. The second kappa shape index (κ2) is 4.78. The van der Waals surface area contributed by atoms with Crippen molar-refractivity contribution in [1.82, 2.24) is 0 Å². The lowest BCUT2D eigenvalue weighted by molar-refractivity contribution is -0.121. The van der Waals surface area contributed by atoms with Crippen LogP contribution in [0.2, 0.25) is 0 Å². The molecule has 0 fully saturated rings. The molecule has 17 heavy (non-hydrogen) atoms. The molecule has 0 aliphatic carbocycles. The molecule has 3 heteroatoms. The van der Waals surface area contributed by atoms with Crippen molar-refractivity contribution in [3.8, 4) is 0 Å². The molecular formula is C14H13NO2. The highest BCUT2D eigenvalue weighted by Gasteiger charge is 2.19. The Kier molecular flexibility index (Phi) is 3.19. The summed E-state index contributed by atoms with van der Waals surface area (Å²) in [7, 11) is 0. The van der Waals surface area contributed by atoms with E-state index in [4.69, 9.17) is 5.73 Å². The van der Waals surface area contributed by atoms with Gasteiger partial charge in [-0.25, -0.2) is 0 Å². The summed E-state index contributed by atoms with van der Waals surface area (Å²) >= 11 is 0. The molecule has 0 radical (unpaired) electrons. The van der Waals surface area contributed by atoms with E-state index in [1.807, 2.05) is 42.5 Å². The number of carbonyl (C=O) groups excluding carboxylic acids is 2. The van der Waals surface area contributed by atoms with Crippen LogP contribution in [0.1, 0.15) is 17.9 Å². The zero-order valence-electron chi connectivity index (χ0n) is 9.30. The standard InChI is InChI=1S/C14H13NO2/c15-14(17)13(8-9-16)12-7-3-5-10-4-1-2-6-11(10)12/h1-7,9,13H,8H2,(H2,15,17). The topological polar surface area (TPSA) is 60.2 Å². The molecule has 0 heterocycles. The molecule has 0 aliphatic rings. The summed E-state index contributed by atoms with van der Waals surface area (Å²) in [5.74, 6) is -1.01. The number of nitrogens with two attached hydrogens (primary N) is 1. The maximum atomic E-state index is 11.4. The second-order valence-corrected chi connectivity index (χ2v) is 3.93. The lowest BCUT2D eigenvalue weighted by atomic mass is 9.91. The zero-order valence-corrected chi connectivity index (χ0v) is 9.30. The Hall–Kier alpha value is -2.16. The van der Waals surface area contributed by atoms with Gasteiger partial charge in [-0.2, -0.15) is 0 Å². The molecule has 1 atom stereocenters. The minimum absolute atomic E-state index is 0.128. The summed E-state index contributed by atoms with van der Waals surface area (Å²) in [6.07, 6.45) is 0.862. The summed E-state index contributed by atoms with van der Waals surface area (Å²) in [4.78, 5) is 22.0. The van der Waals surface area contributed by atoms with Gasteiger partial charge in [0.15, 0.2) is 0 Å². The zero-order chi connectivity index (χ0) is 12.3. The van der Waals surface area contributed by atoms with Crippen molar-refractivity contribution in [3.05, 3.63) is 48.0 Å². The maximum absolute atomic E-state index is 11.4. The van der Waals surface area contributed by atoms with Gasteiger partial charge >= 0.3 is 0 Å². The Morgan fingerprint density at radius 2 is 1.88 bits per heavy atom. The van der Waals surface area contributed by atoms with E-state index in [0.29, 0.717) is 0 Å². The van der Waals surface area contributed by atoms with Gasteiger partial charge in [-0.3, -0.25) is 4.79 Å². The summed E-state index contributed by atoms with van der Waals surface area (Å²) in [6, 6.07) is 13.4. The van der Waals surface area contributed by atoms with Crippen molar-refractivity contribution < 1.29 is 9.59 Å². The second-order valence-electron chi connectivity index (χ2n) is 3.93. The third-order valence-corrected chi connectivity index (χ3v) is 2.87. The van der Waals surface area contributed by atoms with Gasteiger partial charge in [-0.05, 0) is 16.3 Å². The van der Waals surface area contributed by atoms with E-state index in [1.54, 1.807) is 0 Å². The van der Waals surface area contributed by atoms with Gasteiger partial charge in [0.25, 0.3) is 0 Å². The van der Waals surface area contributed by atoms with Crippen molar-refractivity contribution in [2.45, 2.75) is 12.3 Å². The lowest BCUT2D eigenvalue weighted by Crippen LogP contribution is -2.22. The third kappa shape index (κ3) is 2.18. The maximum Gasteiger partial charge on any atom is 0.225 e. The van der Waals surface area contributed by atoms with Crippen molar-refractivity contribution in [2.24, 2.45) is 5.73 Å². The van der Waals surface area contributed by atoms with Gasteiger partial charge < -0.3 is 10.5 Å². The number of aldehydes is 1. The Balaban J connectivity index is 2.60.